The van der Waals surface area contributed by atoms with Crippen molar-refractivity contribution in [2.45, 2.75) is 13.3 Å². The Kier molecular flexibility index (Phi) is 1.81. The number of aromatic nitrogens is 4. The van der Waals surface area contributed by atoms with Crippen molar-refractivity contribution in [2.24, 2.45) is 0 Å². The minimum Gasteiger partial charge on any atom is -0.366 e. The number of nitrogens with two attached hydrogens (primary N) is 1. The summed E-state index contributed by atoms with van der Waals surface area (Å²) >= 11 is 5.79. The summed E-state index contributed by atoms with van der Waals surface area (Å²) in [5.74, 6) is 0.257. The molecular weight excluding hydrogens is 190 g/mol. The second-order valence-corrected chi connectivity index (χ2v) is 3.03. The van der Waals surface area contributed by atoms with Crippen molar-refractivity contribution >= 4 is 23.2 Å². The third kappa shape index (κ3) is 1.21. The van der Waals surface area contributed by atoms with Crippen LogP contribution >= 0.6 is 11.6 Å². The Balaban J connectivity index is 2.84. The number of anilines is 1. The molecule has 0 aliphatic rings. The van der Waals surface area contributed by atoms with Crippen LogP contribution in [0.2, 0.25) is 5.15 Å². The number of aryl methyl sites for hydroxylation is 1. The van der Waals surface area contributed by atoms with E-state index >= 15 is 0 Å². The summed E-state index contributed by atoms with van der Waals surface area (Å²) in [7, 11) is 0. The van der Waals surface area contributed by atoms with Crippen LogP contribution in [-0.2, 0) is 6.42 Å². The lowest BCUT2D eigenvalue weighted by Crippen LogP contribution is -2.00. The Bertz CT molecular complexity index is 449. The molecule has 0 saturated carbocycles. The second-order valence-electron chi connectivity index (χ2n) is 2.64. The summed E-state index contributed by atoms with van der Waals surface area (Å²) < 4.78 is 1.45. The van der Waals surface area contributed by atoms with Crippen LogP contribution in [0, 0.1) is 0 Å². The van der Waals surface area contributed by atoms with Gasteiger partial charge in [-0.25, -0.2) is 0 Å². The minimum absolute atomic E-state index is 0.257. The summed E-state index contributed by atoms with van der Waals surface area (Å²) in [4.78, 5) is 0. The molecule has 0 bridgehead atoms. The van der Waals surface area contributed by atoms with Gasteiger partial charge in [-0.05, 0) is 12.5 Å². The van der Waals surface area contributed by atoms with Crippen molar-refractivity contribution in [3.63, 3.8) is 0 Å². The molecule has 0 amide bonds. The minimum atomic E-state index is 0.257. The molecule has 0 saturated heterocycles. The molecule has 6 heteroatoms. The van der Waals surface area contributed by atoms with Crippen molar-refractivity contribution in [3.8, 4) is 0 Å². The van der Waals surface area contributed by atoms with Crippen molar-refractivity contribution in [2.75, 3.05) is 5.73 Å². The van der Waals surface area contributed by atoms with Crippen LogP contribution in [0.1, 0.15) is 12.5 Å². The Morgan fingerprint density at radius 3 is 3.00 bits per heavy atom. The first-order valence-electron chi connectivity index (χ1n) is 3.88. The Hall–Kier alpha value is -1.36. The molecule has 68 valence electrons. The van der Waals surface area contributed by atoms with Gasteiger partial charge >= 0.3 is 0 Å². The van der Waals surface area contributed by atoms with Crippen LogP contribution in [0.25, 0.3) is 5.65 Å². The highest BCUT2D eigenvalue weighted by molar-refractivity contribution is 6.29. The zero-order chi connectivity index (χ0) is 9.42. The van der Waals surface area contributed by atoms with E-state index < -0.39 is 0 Å². The van der Waals surface area contributed by atoms with E-state index in [0.29, 0.717) is 10.8 Å². The average molecular weight is 198 g/mol. The lowest BCUT2D eigenvalue weighted by Gasteiger charge is -1.99. The van der Waals surface area contributed by atoms with Crippen molar-refractivity contribution in [3.05, 3.63) is 16.8 Å². The molecule has 0 fully saturated rings. The van der Waals surface area contributed by atoms with Crippen LogP contribution in [-0.4, -0.2) is 19.8 Å². The van der Waals surface area contributed by atoms with Crippen molar-refractivity contribution in [1.29, 1.82) is 0 Å². The molecule has 0 aliphatic carbocycles. The molecule has 2 N–H and O–H groups in total. The Labute approximate surface area is 79.5 Å². The third-order valence-corrected chi connectivity index (χ3v) is 2.01. The van der Waals surface area contributed by atoms with Gasteiger partial charge in [0.05, 0.1) is 0 Å². The van der Waals surface area contributed by atoms with Gasteiger partial charge in [0.2, 0.25) is 5.95 Å². The fourth-order valence-electron chi connectivity index (χ4n) is 1.18. The largest absolute Gasteiger partial charge is 0.366 e. The van der Waals surface area contributed by atoms with E-state index in [1.165, 1.54) is 4.52 Å². The quantitative estimate of drug-likeness (QED) is 0.738. The zero-order valence-electron chi connectivity index (χ0n) is 7.03. The molecular formula is C7H8ClN5. The van der Waals surface area contributed by atoms with Crippen LogP contribution in [0.3, 0.4) is 0 Å². The number of fused-ring (bicyclic) bond motifs is 1. The predicted molar refractivity (Wildman–Crippen MR) is 49.6 cm³/mol. The Morgan fingerprint density at radius 2 is 2.31 bits per heavy atom. The van der Waals surface area contributed by atoms with Crippen molar-refractivity contribution in [1.82, 2.24) is 19.8 Å². The maximum absolute atomic E-state index is 5.79. The Morgan fingerprint density at radius 1 is 1.54 bits per heavy atom. The predicted octanol–water partition coefficient (Wildman–Crippen LogP) is 0.922. The number of hydrogen-bond donors (Lipinski definition) is 1. The monoisotopic (exact) mass is 197 g/mol. The summed E-state index contributed by atoms with van der Waals surface area (Å²) in [6.45, 7) is 2.01. The highest BCUT2D eigenvalue weighted by Crippen LogP contribution is 2.14. The van der Waals surface area contributed by atoms with E-state index in [0.717, 1.165) is 12.0 Å². The van der Waals surface area contributed by atoms with E-state index in [9.17, 15) is 0 Å². The number of rotatable bonds is 1. The summed E-state index contributed by atoms with van der Waals surface area (Å²) in [6.07, 6.45) is 0.823. The molecule has 2 aromatic rings. The summed E-state index contributed by atoms with van der Waals surface area (Å²) in [5, 5.41) is 12.0. The van der Waals surface area contributed by atoms with Gasteiger partial charge in [-0.15, -0.1) is 10.2 Å². The second kappa shape index (κ2) is 2.85. The first-order valence-corrected chi connectivity index (χ1v) is 4.26. The molecule has 2 heterocycles. The zero-order valence-corrected chi connectivity index (χ0v) is 7.78. The maximum atomic E-state index is 5.79. The van der Waals surface area contributed by atoms with E-state index in [2.05, 4.69) is 15.3 Å². The molecule has 0 spiro atoms. The van der Waals surface area contributed by atoms with E-state index in [1.807, 2.05) is 6.92 Å². The molecule has 2 aromatic heterocycles. The lowest BCUT2D eigenvalue weighted by molar-refractivity contribution is 0.922. The van der Waals surface area contributed by atoms with Crippen molar-refractivity contribution < 1.29 is 0 Å². The smallest absolute Gasteiger partial charge is 0.243 e. The van der Waals surface area contributed by atoms with Gasteiger partial charge in [0.1, 0.15) is 0 Å². The molecule has 0 unspecified atom stereocenters. The van der Waals surface area contributed by atoms with Crippen LogP contribution in [0.4, 0.5) is 5.95 Å². The standard InChI is InChI=1S/C7H8ClN5/c1-2-4-3-5(8)12-13-6(4)10-11-7(13)9/h3H,2H2,1H3,(H2,9,11). The topological polar surface area (TPSA) is 69.1 Å². The molecule has 0 aliphatic heterocycles. The summed E-state index contributed by atoms with van der Waals surface area (Å²) in [6, 6.07) is 1.77. The van der Waals surface area contributed by atoms with E-state index in [-0.39, 0.29) is 5.95 Å². The van der Waals surface area contributed by atoms with Gasteiger partial charge in [0.15, 0.2) is 10.8 Å². The van der Waals surface area contributed by atoms with Gasteiger partial charge in [-0.1, -0.05) is 18.5 Å². The van der Waals surface area contributed by atoms with Gasteiger partial charge in [-0.2, -0.15) is 9.61 Å². The fraction of sp³-hybridized carbons (Fsp3) is 0.286. The average Bonchev–Trinajstić information content (AvgIpc) is 2.47. The van der Waals surface area contributed by atoms with Crippen LogP contribution < -0.4 is 5.73 Å². The highest BCUT2D eigenvalue weighted by atomic mass is 35.5. The fourth-order valence-corrected chi connectivity index (χ4v) is 1.39. The van der Waals surface area contributed by atoms with E-state index in [4.69, 9.17) is 17.3 Å². The molecule has 2 rings (SSSR count). The first-order chi connectivity index (χ1) is 6.22. The van der Waals surface area contributed by atoms with Crippen LogP contribution in [0.15, 0.2) is 6.07 Å². The number of nitrogens with zero attached hydrogens (tertiary/aromatic N) is 4. The number of halogens is 1. The van der Waals surface area contributed by atoms with E-state index in [1.54, 1.807) is 6.07 Å². The van der Waals surface area contributed by atoms with Gasteiger partial charge < -0.3 is 5.73 Å². The number of nitrogen functional groups attached to an aromatic ring is 1. The lowest BCUT2D eigenvalue weighted by atomic mass is 10.2. The molecule has 5 nitrogen and oxygen atoms in total. The van der Waals surface area contributed by atoms with Gasteiger partial charge in [-0.3, -0.25) is 0 Å². The first kappa shape index (κ1) is 8.25. The molecule has 0 aromatic carbocycles. The molecule has 13 heavy (non-hydrogen) atoms. The van der Waals surface area contributed by atoms with Gasteiger partial charge in [0.25, 0.3) is 0 Å². The highest BCUT2D eigenvalue weighted by Gasteiger charge is 2.08. The molecule has 0 atom stereocenters. The number of hydrogen-bond acceptors (Lipinski definition) is 4. The normalized spacial score (nSPS) is 10.9. The maximum Gasteiger partial charge on any atom is 0.243 e. The summed E-state index contributed by atoms with van der Waals surface area (Å²) in [5.41, 5.74) is 7.20. The SMILES string of the molecule is CCc1cc(Cl)nn2c(N)nnc12. The third-order valence-electron chi connectivity index (χ3n) is 1.82. The molecule has 0 radical (unpaired) electrons. The van der Waals surface area contributed by atoms with Crippen LogP contribution in [0.5, 0.6) is 0 Å². The van der Waals surface area contributed by atoms with Gasteiger partial charge in [0, 0.05) is 5.56 Å².